The zero-order chi connectivity index (χ0) is 19.6. The Labute approximate surface area is 160 Å². The van der Waals surface area contributed by atoms with Crippen molar-refractivity contribution in [3.05, 3.63) is 33.9 Å². The van der Waals surface area contributed by atoms with E-state index in [1.165, 1.54) is 25.1 Å². The summed E-state index contributed by atoms with van der Waals surface area (Å²) in [5.41, 5.74) is -0.157. The molecular weight excluding hydrogens is 365 g/mol. The molecule has 0 spiro atoms. The summed E-state index contributed by atoms with van der Waals surface area (Å²) in [6.07, 6.45) is 4.75. The highest BCUT2D eigenvalue weighted by molar-refractivity contribution is 5.97. The first-order chi connectivity index (χ1) is 13.5. The van der Waals surface area contributed by atoms with Crippen LogP contribution in [0.25, 0.3) is 10.9 Å². The zero-order valence-corrected chi connectivity index (χ0v) is 15.7. The molecule has 7 nitrogen and oxygen atoms in total. The van der Waals surface area contributed by atoms with E-state index in [0.29, 0.717) is 48.7 Å². The maximum absolute atomic E-state index is 15.2. The molecule has 1 aromatic heterocycles. The Kier molecular flexibility index (Phi) is 3.87. The van der Waals surface area contributed by atoms with Crippen molar-refractivity contribution in [3.63, 3.8) is 0 Å². The van der Waals surface area contributed by atoms with E-state index in [1.54, 1.807) is 4.57 Å². The SMILES string of the molecule is CN(C1CC1)[C@@H]1CCN(c2c(F)cc3c(=O)c(C(=O)O)cn4c3c2OCC4)C1. The minimum Gasteiger partial charge on any atom is -0.487 e. The smallest absolute Gasteiger partial charge is 0.341 e. The Bertz CT molecular complexity index is 1050. The van der Waals surface area contributed by atoms with E-state index in [1.807, 2.05) is 4.90 Å². The molecule has 28 heavy (non-hydrogen) atoms. The quantitative estimate of drug-likeness (QED) is 0.864. The van der Waals surface area contributed by atoms with Gasteiger partial charge in [-0.05, 0) is 32.4 Å². The number of ether oxygens (including phenoxy) is 1. The van der Waals surface area contributed by atoms with Crippen LogP contribution in [-0.4, -0.2) is 59.4 Å². The van der Waals surface area contributed by atoms with E-state index in [2.05, 4.69) is 11.9 Å². The number of anilines is 1. The summed E-state index contributed by atoms with van der Waals surface area (Å²) < 4.78 is 22.7. The molecule has 1 N–H and O–H groups in total. The number of carboxylic acids is 1. The van der Waals surface area contributed by atoms with Crippen molar-refractivity contribution in [3.8, 4) is 5.75 Å². The number of aromatic carboxylic acids is 1. The van der Waals surface area contributed by atoms with Crippen LogP contribution in [0, 0.1) is 5.82 Å². The van der Waals surface area contributed by atoms with Gasteiger partial charge >= 0.3 is 5.97 Å². The Balaban J connectivity index is 1.62. The molecule has 0 radical (unpaired) electrons. The molecule has 1 aromatic carbocycles. The molecule has 0 amide bonds. The highest BCUT2D eigenvalue weighted by Crippen LogP contribution is 2.42. The normalized spacial score (nSPS) is 21.4. The number of halogens is 1. The molecule has 5 rings (SSSR count). The number of aromatic nitrogens is 1. The van der Waals surface area contributed by atoms with Gasteiger partial charge in [0.25, 0.3) is 0 Å². The Morgan fingerprint density at radius 1 is 1.29 bits per heavy atom. The molecule has 2 aliphatic heterocycles. The second kappa shape index (κ2) is 6.20. The van der Waals surface area contributed by atoms with Crippen LogP contribution in [-0.2, 0) is 6.54 Å². The lowest BCUT2D eigenvalue weighted by Crippen LogP contribution is -2.36. The molecule has 3 aliphatic rings. The number of rotatable bonds is 4. The van der Waals surface area contributed by atoms with Crippen molar-refractivity contribution >= 4 is 22.6 Å². The Morgan fingerprint density at radius 3 is 2.79 bits per heavy atom. The van der Waals surface area contributed by atoms with Crippen LogP contribution in [0.3, 0.4) is 0 Å². The van der Waals surface area contributed by atoms with Gasteiger partial charge in [0.15, 0.2) is 11.6 Å². The summed E-state index contributed by atoms with van der Waals surface area (Å²) >= 11 is 0. The standard InChI is InChI=1S/C20H22FN3O4/c1-22(11-2-3-11)12-4-5-23(9-12)17-15(21)8-13-16-19(17)28-7-6-24(16)10-14(18(13)25)20(26)27/h8,10-12H,2-7,9H2,1H3,(H,26,27)/t12-/m1/s1. The van der Waals surface area contributed by atoms with E-state index in [0.717, 1.165) is 13.0 Å². The molecule has 148 valence electrons. The Morgan fingerprint density at radius 2 is 2.07 bits per heavy atom. The fraction of sp³-hybridized carbons (Fsp3) is 0.500. The molecule has 0 bridgehead atoms. The molecule has 1 saturated carbocycles. The number of nitrogens with zero attached hydrogens (tertiary/aromatic N) is 3. The second-order valence-corrected chi connectivity index (χ2v) is 7.94. The van der Waals surface area contributed by atoms with Gasteiger partial charge in [-0.25, -0.2) is 9.18 Å². The summed E-state index contributed by atoms with van der Waals surface area (Å²) in [6, 6.07) is 2.18. The molecular formula is C20H22FN3O4. The van der Waals surface area contributed by atoms with E-state index in [9.17, 15) is 14.7 Å². The van der Waals surface area contributed by atoms with E-state index in [-0.39, 0.29) is 10.9 Å². The third-order valence-electron chi connectivity index (χ3n) is 6.23. The topological polar surface area (TPSA) is 75.0 Å². The molecule has 8 heteroatoms. The van der Waals surface area contributed by atoms with Crippen LogP contribution >= 0.6 is 0 Å². The van der Waals surface area contributed by atoms with Gasteiger partial charge in [0, 0.05) is 31.4 Å². The van der Waals surface area contributed by atoms with Gasteiger partial charge in [0.1, 0.15) is 17.9 Å². The van der Waals surface area contributed by atoms with Gasteiger partial charge in [-0.1, -0.05) is 0 Å². The first kappa shape index (κ1) is 17.5. The molecule has 1 atom stereocenters. The van der Waals surface area contributed by atoms with E-state index < -0.39 is 17.2 Å². The van der Waals surface area contributed by atoms with Gasteiger partial charge in [-0.3, -0.25) is 9.69 Å². The molecule has 0 unspecified atom stereocenters. The van der Waals surface area contributed by atoms with Gasteiger partial charge in [-0.2, -0.15) is 0 Å². The number of pyridine rings is 1. The van der Waals surface area contributed by atoms with Gasteiger partial charge in [0.05, 0.1) is 17.4 Å². The van der Waals surface area contributed by atoms with Crippen molar-refractivity contribution < 1.29 is 19.0 Å². The largest absolute Gasteiger partial charge is 0.487 e. The average molecular weight is 387 g/mol. The molecule has 1 saturated heterocycles. The number of benzene rings is 1. The monoisotopic (exact) mass is 387 g/mol. The van der Waals surface area contributed by atoms with Gasteiger partial charge in [0.2, 0.25) is 5.43 Å². The van der Waals surface area contributed by atoms with Crippen molar-refractivity contribution in [2.45, 2.75) is 37.9 Å². The summed E-state index contributed by atoms with van der Waals surface area (Å²) in [6.45, 7) is 2.16. The zero-order valence-electron chi connectivity index (χ0n) is 15.7. The van der Waals surface area contributed by atoms with Crippen LogP contribution in [0.4, 0.5) is 10.1 Å². The van der Waals surface area contributed by atoms with Crippen LogP contribution in [0.1, 0.15) is 29.6 Å². The highest BCUT2D eigenvalue weighted by atomic mass is 19.1. The van der Waals surface area contributed by atoms with E-state index in [4.69, 9.17) is 4.74 Å². The second-order valence-electron chi connectivity index (χ2n) is 7.94. The van der Waals surface area contributed by atoms with Crippen LogP contribution in [0.5, 0.6) is 5.75 Å². The first-order valence-electron chi connectivity index (χ1n) is 9.68. The van der Waals surface area contributed by atoms with Crippen molar-refractivity contribution in [2.75, 3.05) is 31.6 Å². The third kappa shape index (κ3) is 2.58. The lowest BCUT2D eigenvalue weighted by Gasteiger charge is -2.29. The number of hydrogen-bond acceptors (Lipinski definition) is 5. The predicted molar refractivity (Wildman–Crippen MR) is 102 cm³/mol. The summed E-state index contributed by atoms with van der Waals surface area (Å²) in [7, 11) is 2.13. The lowest BCUT2D eigenvalue weighted by molar-refractivity contribution is 0.0694. The van der Waals surface area contributed by atoms with Crippen molar-refractivity contribution in [2.24, 2.45) is 0 Å². The first-order valence-corrected chi connectivity index (χ1v) is 9.68. The predicted octanol–water partition coefficient (Wildman–Crippen LogP) is 1.90. The maximum atomic E-state index is 15.2. The number of likely N-dealkylation sites (N-methyl/N-ethyl adjacent to an activating group) is 1. The number of hydrogen-bond donors (Lipinski definition) is 1. The van der Waals surface area contributed by atoms with Gasteiger partial charge in [-0.15, -0.1) is 0 Å². The molecule has 2 fully saturated rings. The minimum atomic E-state index is -1.31. The molecule has 3 heterocycles. The molecule has 2 aromatic rings. The minimum absolute atomic E-state index is 0.0571. The molecule has 1 aliphatic carbocycles. The average Bonchev–Trinajstić information content (AvgIpc) is 3.41. The Hall–Kier alpha value is -2.61. The highest BCUT2D eigenvalue weighted by Gasteiger charge is 2.37. The number of carboxylic acid groups (broad SMARTS) is 1. The fourth-order valence-electron chi connectivity index (χ4n) is 4.55. The van der Waals surface area contributed by atoms with Crippen molar-refractivity contribution in [1.82, 2.24) is 9.47 Å². The number of carbonyl (C=O) groups is 1. The van der Waals surface area contributed by atoms with Crippen LogP contribution < -0.4 is 15.1 Å². The lowest BCUT2D eigenvalue weighted by atomic mass is 10.1. The fourth-order valence-corrected chi connectivity index (χ4v) is 4.55. The van der Waals surface area contributed by atoms with E-state index >= 15 is 4.39 Å². The van der Waals surface area contributed by atoms with Crippen LogP contribution in [0.15, 0.2) is 17.1 Å². The maximum Gasteiger partial charge on any atom is 0.341 e. The third-order valence-corrected chi connectivity index (χ3v) is 6.23. The summed E-state index contributed by atoms with van der Waals surface area (Å²) in [5, 5.41) is 9.37. The summed E-state index contributed by atoms with van der Waals surface area (Å²) in [4.78, 5) is 28.4. The summed E-state index contributed by atoms with van der Waals surface area (Å²) in [5.74, 6) is -1.49. The van der Waals surface area contributed by atoms with Crippen molar-refractivity contribution in [1.29, 1.82) is 0 Å². The van der Waals surface area contributed by atoms with Gasteiger partial charge < -0.3 is 19.3 Å². The van der Waals surface area contributed by atoms with Crippen LogP contribution in [0.2, 0.25) is 0 Å².